The van der Waals surface area contributed by atoms with Gasteiger partial charge in [-0.05, 0) is 17.7 Å². The molecule has 0 aliphatic carbocycles. The van der Waals surface area contributed by atoms with Crippen LogP contribution in [-0.4, -0.2) is 32.5 Å². The first-order valence-corrected chi connectivity index (χ1v) is 6.43. The van der Waals surface area contributed by atoms with Crippen molar-refractivity contribution in [3.63, 3.8) is 0 Å². The number of benzene rings is 1. The molecule has 3 aromatic rings. The third kappa shape index (κ3) is 2.15. The van der Waals surface area contributed by atoms with Crippen molar-refractivity contribution in [1.82, 2.24) is 20.4 Å². The van der Waals surface area contributed by atoms with Gasteiger partial charge >= 0.3 is 0 Å². The molecule has 0 amide bonds. The van der Waals surface area contributed by atoms with Gasteiger partial charge in [0, 0.05) is 18.8 Å². The van der Waals surface area contributed by atoms with Gasteiger partial charge in [0.1, 0.15) is 5.75 Å². The first-order valence-electron chi connectivity index (χ1n) is 5.61. The van der Waals surface area contributed by atoms with E-state index in [-0.39, 0.29) is 5.75 Å². The summed E-state index contributed by atoms with van der Waals surface area (Å²) >= 11 is 1.39. The summed E-state index contributed by atoms with van der Waals surface area (Å²) in [4.78, 5) is 0. The van der Waals surface area contributed by atoms with Gasteiger partial charge in [-0.2, -0.15) is 5.10 Å². The fraction of sp³-hybridized carbons (Fsp3) is 0.0833. The summed E-state index contributed by atoms with van der Waals surface area (Å²) in [7, 11) is 1.78. The number of H-pyrrole nitrogens is 1. The van der Waals surface area contributed by atoms with Crippen LogP contribution in [0.1, 0.15) is 0 Å². The fourth-order valence-corrected chi connectivity index (χ4v) is 2.46. The Morgan fingerprint density at radius 2 is 2.16 bits per heavy atom. The summed E-state index contributed by atoms with van der Waals surface area (Å²) in [5.41, 5.74) is 2.50. The van der Waals surface area contributed by atoms with Gasteiger partial charge in [-0.3, -0.25) is 5.10 Å². The van der Waals surface area contributed by atoms with Crippen molar-refractivity contribution >= 4 is 16.5 Å². The van der Waals surface area contributed by atoms with Crippen LogP contribution in [0.2, 0.25) is 0 Å². The Morgan fingerprint density at radius 1 is 1.26 bits per heavy atom. The summed E-state index contributed by atoms with van der Waals surface area (Å²) in [6, 6.07) is 5.44. The average molecular weight is 273 g/mol. The quantitative estimate of drug-likeness (QED) is 0.682. The van der Waals surface area contributed by atoms with Crippen molar-refractivity contribution in [3.8, 4) is 27.4 Å². The van der Waals surface area contributed by atoms with Crippen LogP contribution in [0.25, 0.3) is 21.7 Å². The molecule has 0 radical (unpaired) electrons. The van der Waals surface area contributed by atoms with Gasteiger partial charge in [0.15, 0.2) is 5.01 Å². The summed E-state index contributed by atoms with van der Waals surface area (Å²) in [6.45, 7) is 0. The average Bonchev–Trinajstić information content (AvgIpc) is 3.10. The number of aromatic amines is 1. The predicted octanol–water partition coefficient (Wildman–Crippen LogP) is 2.34. The van der Waals surface area contributed by atoms with Crippen LogP contribution >= 0.6 is 11.3 Å². The number of phenols is 1. The van der Waals surface area contributed by atoms with Gasteiger partial charge in [-0.25, -0.2) is 0 Å². The van der Waals surface area contributed by atoms with Gasteiger partial charge in [-0.15, -0.1) is 10.2 Å². The zero-order chi connectivity index (χ0) is 13.2. The second-order valence-corrected chi connectivity index (χ2v) is 4.86. The first kappa shape index (κ1) is 11.7. The minimum atomic E-state index is 0.178. The van der Waals surface area contributed by atoms with Crippen molar-refractivity contribution in [2.75, 3.05) is 12.4 Å². The topological polar surface area (TPSA) is 86.7 Å². The van der Waals surface area contributed by atoms with Crippen LogP contribution in [0.3, 0.4) is 0 Å². The molecule has 96 valence electrons. The van der Waals surface area contributed by atoms with E-state index in [1.807, 2.05) is 12.1 Å². The third-order valence-electron chi connectivity index (χ3n) is 2.70. The Bertz CT molecular complexity index is 692. The highest BCUT2D eigenvalue weighted by Gasteiger charge is 2.11. The third-order valence-corrected chi connectivity index (χ3v) is 3.67. The van der Waals surface area contributed by atoms with E-state index in [1.54, 1.807) is 25.5 Å². The van der Waals surface area contributed by atoms with Crippen LogP contribution in [-0.2, 0) is 0 Å². The van der Waals surface area contributed by atoms with E-state index < -0.39 is 0 Å². The summed E-state index contributed by atoms with van der Waals surface area (Å²) in [5, 5.41) is 29.1. The molecule has 2 heterocycles. The molecule has 3 rings (SSSR count). The Labute approximate surface area is 113 Å². The smallest absolute Gasteiger partial charge is 0.205 e. The number of hydrogen-bond donors (Lipinski definition) is 3. The van der Waals surface area contributed by atoms with Crippen molar-refractivity contribution < 1.29 is 5.11 Å². The molecule has 7 heteroatoms. The molecule has 0 bridgehead atoms. The number of phenolic OH excluding ortho intramolecular Hbond substituents is 1. The molecule has 0 saturated heterocycles. The normalized spacial score (nSPS) is 10.6. The molecule has 0 spiro atoms. The van der Waals surface area contributed by atoms with Crippen LogP contribution in [0.4, 0.5) is 5.13 Å². The molecule has 0 aliphatic rings. The monoisotopic (exact) mass is 273 g/mol. The molecule has 0 aliphatic heterocycles. The van der Waals surface area contributed by atoms with Gasteiger partial charge in [0.2, 0.25) is 5.13 Å². The van der Waals surface area contributed by atoms with E-state index in [1.165, 1.54) is 11.3 Å². The standard InChI is InChI=1S/C12H11N5OS/c1-13-12-17-16-11(19-12)9-3-2-7(4-10(9)18)8-5-14-15-6-8/h2-6,18H,1H3,(H,13,17)(H,14,15). The number of aromatic nitrogens is 4. The van der Waals surface area contributed by atoms with E-state index in [0.29, 0.717) is 15.7 Å². The maximum atomic E-state index is 10.1. The lowest BCUT2D eigenvalue weighted by Gasteiger charge is -2.03. The van der Waals surface area contributed by atoms with Gasteiger partial charge in [0.25, 0.3) is 0 Å². The van der Waals surface area contributed by atoms with Crippen LogP contribution in [0.15, 0.2) is 30.6 Å². The van der Waals surface area contributed by atoms with Crippen molar-refractivity contribution in [2.45, 2.75) is 0 Å². The second kappa shape index (κ2) is 4.69. The van der Waals surface area contributed by atoms with E-state index >= 15 is 0 Å². The van der Waals surface area contributed by atoms with Gasteiger partial charge in [0.05, 0.1) is 11.8 Å². The summed E-state index contributed by atoms with van der Waals surface area (Å²) in [5.74, 6) is 0.178. The highest BCUT2D eigenvalue weighted by atomic mass is 32.1. The lowest BCUT2D eigenvalue weighted by molar-refractivity contribution is 0.477. The molecule has 0 saturated carbocycles. The maximum Gasteiger partial charge on any atom is 0.205 e. The van der Waals surface area contributed by atoms with E-state index in [4.69, 9.17) is 0 Å². The lowest BCUT2D eigenvalue weighted by Crippen LogP contribution is -1.84. The lowest BCUT2D eigenvalue weighted by atomic mass is 10.1. The first-order chi connectivity index (χ1) is 9.28. The zero-order valence-electron chi connectivity index (χ0n) is 10.1. The predicted molar refractivity (Wildman–Crippen MR) is 74.1 cm³/mol. The Balaban J connectivity index is 2.00. The maximum absolute atomic E-state index is 10.1. The number of aromatic hydroxyl groups is 1. The number of anilines is 1. The molecule has 0 atom stereocenters. The Morgan fingerprint density at radius 3 is 2.79 bits per heavy atom. The van der Waals surface area contributed by atoms with E-state index in [0.717, 1.165) is 11.1 Å². The van der Waals surface area contributed by atoms with Crippen molar-refractivity contribution in [1.29, 1.82) is 0 Å². The van der Waals surface area contributed by atoms with E-state index in [9.17, 15) is 5.11 Å². The minimum Gasteiger partial charge on any atom is -0.507 e. The molecular formula is C12H11N5OS. The second-order valence-electron chi connectivity index (χ2n) is 3.88. The highest BCUT2D eigenvalue weighted by molar-refractivity contribution is 7.18. The number of hydrogen-bond acceptors (Lipinski definition) is 6. The number of rotatable bonds is 3. The van der Waals surface area contributed by atoms with Crippen molar-refractivity contribution in [2.24, 2.45) is 0 Å². The molecule has 2 aromatic heterocycles. The molecule has 0 unspecified atom stereocenters. The number of nitrogens with zero attached hydrogens (tertiary/aromatic N) is 3. The zero-order valence-corrected chi connectivity index (χ0v) is 10.9. The van der Waals surface area contributed by atoms with Crippen LogP contribution in [0.5, 0.6) is 5.75 Å². The SMILES string of the molecule is CNc1nnc(-c2ccc(-c3cn[nH]c3)cc2O)s1. The minimum absolute atomic E-state index is 0.178. The van der Waals surface area contributed by atoms with Gasteiger partial charge < -0.3 is 10.4 Å². The van der Waals surface area contributed by atoms with Crippen LogP contribution in [0, 0.1) is 0 Å². The summed E-state index contributed by atoms with van der Waals surface area (Å²) in [6.07, 6.45) is 3.48. The summed E-state index contributed by atoms with van der Waals surface area (Å²) < 4.78 is 0. The van der Waals surface area contributed by atoms with Gasteiger partial charge in [-0.1, -0.05) is 17.4 Å². The molecule has 1 aromatic carbocycles. The fourth-order valence-electron chi connectivity index (χ4n) is 1.73. The van der Waals surface area contributed by atoms with Crippen LogP contribution < -0.4 is 5.32 Å². The molecule has 3 N–H and O–H groups in total. The largest absolute Gasteiger partial charge is 0.507 e. The number of nitrogens with one attached hydrogen (secondary N) is 2. The molecule has 0 fully saturated rings. The highest BCUT2D eigenvalue weighted by Crippen LogP contribution is 2.35. The molecule has 6 nitrogen and oxygen atoms in total. The Hall–Kier alpha value is -2.41. The molecule has 19 heavy (non-hydrogen) atoms. The van der Waals surface area contributed by atoms with Crippen molar-refractivity contribution in [3.05, 3.63) is 30.6 Å². The molecular weight excluding hydrogens is 262 g/mol. The van der Waals surface area contributed by atoms with E-state index in [2.05, 4.69) is 25.7 Å². The Kier molecular flexibility index (Phi) is 2.88.